The zero-order valence-electron chi connectivity index (χ0n) is 14.6. The van der Waals surface area contributed by atoms with E-state index in [1.54, 1.807) is 35.6 Å². The quantitative estimate of drug-likeness (QED) is 0.652. The van der Waals surface area contributed by atoms with Crippen molar-refractivity contribution in [3.8, 4) is 0 Å². The number of hydrogen-bond donors (Lipinski definition) is 2. The van der Waals surface area contributed by atoms with Gasteiger partial charge in [0.15, 0.2) is 0 Å². The van der Waals surface area contributed by atoms with Gasteiger partial charge in [-0.1, -0.05) is 18.2 Å². The van der Waals surface area contributed by atoms with Gasteiger partial charge in [-0.25, -0.2) is 4.98 Å². The highest BCUT2D eigenvalue weighted by Crippen LogP contribution is 2.30. The number of thiazole rings is 1. The summed E-state index contributed by atoms with van der Waals surface area (Å²) in [6.45, 7) is 0.235. The third kappa shape index (κ3) is 4.69. The van der Waals surface area contributed by atoms with E-state index in [9.17, 15) is 9.59 Å². The van der Waals surface area contributed by atoms with E-state index in [-0.39, 0.29) is 24.3 Å². The summed E-state index contributed by atoms with van der Waals surface area (Å²) >= 11 is 1.56. The Kier molecular flexibility index (Phi) is 5.13. The topological polar surface area (TPSA) is 80.3 Å². The number of nitrogens with one attached hydrogen (secondary N) is 2. The lowest BCUT2D eigenvalue weighted by molar-refractivity contribution is -0.121. The van der Waals surface area contributed by atoms with Crippen molar-refractivity contribution in [3.05, 3.63) is 53.5 Å². The Morgan fingerprint density at radius 2 is 1.85 bits per heavy atom. The Labute approximate surface area is 160 Å². The molecule has 2 amide bonds. The predicted molar refractivity (Wildman–Crippen MR) is 106 cm³/mol. The van der Waals surface area contributed by atoms with Gasteiger partial charge in [0.1, 0.15) is 11.6 Å². The first-order chi connectivity index (χ1) is 13.2. The highest BCUT2D eigenvalue weighted by molar-refractivity contribution is 7.18. The number of ether oxygens (including phenoxy) is 1. The minimum atomic E-state index is -0.248. The number of aromatic nitrogens is 1. The zero-order valence-corrected chi connectivity index (χ0v) is 15.4. The lowest BCUT2D eigenvalue weighted by Gasteiger charge is -2.08. The maximum absolute atomic E-state index is 12.1. The van der Waals surface area contributed by atoms with Crippen LogP contribution in [-0.4, -0.2) is 23.4 Å². The van der Waals surface area contributed by atoms with Crippen LogP contribution >= 0.6 is 11.3 Å². The van der Waals surface area contributed by atoms with Gasteiger partial charge in [0, 0.05) is 17.3 Å². The lowest BCUT2D eigenvalue weighted by atomic mass is 10.2. The third-order valence-corrected chi connectivity index (χ3v) is 5.17. The number of amides is 2. The summed E-state index contributed by atoms with van der Waals surface area (Å²) < 4.78 is 6.59. The first-order valence-electron chi connectivity index (χ1n) is 8.80. The van der Waals surface area contributed by atoms with Crippen LogP contribution in [0, 0.1) is 5.92 Å². The SMILES string of the molecule is O=C(COCc1nc2ccccc2s1)Nc1cccc(NC(=O)C2CC2)c1. The largest absolute Gasteiger partial charge is 0.364 e. The fourth-order valence-electron chi connectivity index (χ4n) is 2.67. The van der Waals surface area contributed by atoms with Crippen LogP contribution in [0.1, 0.15) is 17.8 Å². The average Bonchev–Trinajstić information content (AvgIpc) is 3.42. The molecule has 2 aromatic carbocycles. The molecule has 0 saturated heterocycles. The second-order valence-electron chi connectivity index (χ2n) is 6.46. The molecule has 0 aliphatic heterocycles. The Morgan fingerprint density at radius 3 is 2.63 bits per heavy atom. The number of nitrogens with zero attached hydrogens (tertiary/aromatic N) is 1. The van der Waals surface area contributed by atoms with Crippen molar-refractivity contribution >= 4 is 44.7 Å². The van der Waals surface area contributed by atoms with Crippen LogP contribution in [0.4, 0.5) is 11.4 Å². The van der Waals surface area contributed by atoms with Crippen LogP contribution in [0.25, 0.3) is 10.2 Å². The van der Waals surface area contributed by atoms with E-state index in [0.29, 0.717) is 18.0 Å². The van der Waals surface area contributed by atoms with Gasteiger partial charge in [0.05, 0.1) is 16.8 Å². The first kappa shape index (κ1) is 17.6. The Morgan fingerprint density at radius 1 is 1.07 bits per heavy atom. The molecule has 0 spiro atoms. The molecular formula is C20H19N3O3S. The molecule has 0 bridgehead atoms. The van der Waals surface area contributed by atoms with Gasteiger partial charge >= 0.3 is 0 Å². The molecule has 1 heterocycles. The van der Waals surface area contributed by atoms with E-state index in [4.69, 9.17) is 4.74 Å². The van der Waals surface area contributed by atoms with Gasteiger partial charge < -0.3 is 15.4 Å². The summed E-state index contributed by atoms with van der Waals surface area (Å²) in [5.41, 5.74) is 2.24. The predicted octanol–water partition coefficient (Wildman–Crippen LogP) is 3.80. The number of benzene rings is 2. The molecule has 6 nitrogen and oxygen atoms in total. The summed E-state index contributed by atoms with van der Waals surface area (Å²) in [4.78, 5) is 28.4. The monoisotopic (exact) mass is 381 g/mol. The van der Waals surface area contributed by atoms with Crippen molar-refractivity contribution in [2.75, 3.05) is 17.2 Å². The average molecular weight is 381 g/mol. The first-order valence-corrected chi connectivity index (χ1v) is 9.62. The van der Waals surface area contributed by atoms with Gasteiger partial charge in [-0.3, -0.25) is 9.59 Å². The third-order valence-electron chi connectivity index (χ3n) is 4.16. The summed E-state index contributed by atoms with van der Waals surface area (Å²) in [5.74, 6) is -0.0708. The van der Waals surface area contributed by atoms with E-state index in [1.807, 2.05) is 24.3 Å². The Hall–Kier alpha value is -2.77. The van der Waals surface area contributed by atoms with Crippen LogP contribution in [0.15, 0.2) is 48.5 Å². The molecule has 1 aliphatic rings. The molecule has 1 fully saturated rings. The normalized spacial score (nSPS) is 13.5. The standard InChI is InChI=1S/C20H19N3O3S/c24-18(11-26-12-19-23-16-6-1-2-7-17(16)27-19)21-14-4-3-5-15(10-14)22-20(25)13-8-9-13/h1-7,10,13H,8-9,11-12H2,(H,21,24)(H,22,25). The number of fused-ring (bicyclic) bond motifs is 1. The van der Waals surface area contributed by atoms with Crippen molar-refractivity contribution in [3.63, 3.8) is 0 Å². The van der Waals surface area contributed by atoms with E-state index in [2.05, 4.69) is 15.6 Å². The molecule has 0 atom stereocenters. The van der Waals surface area contributed by atoms with Crippen LogP contribution in [-0.2, 0) is 20.9 Å². The number of carbonyl (C=O) groups is 2. The van der Waals surface area contributed by atoms with Crippen molar-refractivity contribution in [2.24, 2.45) is 5.92 Å². The maximum Gasteiger partial charge on any atom is 0.250 e. The van der Waals surface area contributed by atoms with Gasteiger partial charge in [-0.05, 0) is 43.2 Å². The molecule has 138 valence electrons. The molecule has 1 saturated carbocycles. The van der Waals surface area contributed by atoms with Crippen LogP contribution in [0.5, 0.6) is 0 Å². The van der Waals surface area contributed by atoms with Crippen molar-refractivity contribution in [2.45, 2.75) is 19.4 Å². The summed E-state index contributed by atoms with van der Waals surface area (Å²) in [7, 11) is 0. The highest BCUT2D eigenvalue weighted by atomic mass is 32.1. The van der Waals surface area contributed by atoms with E-state index >= 15 is 0 Å². The molecule has 4 rings (SSSR count). The Bertz CT molecular complexity index is 948. The molecule has 3 aromatic rings. The van der Waals surface area contributed by atoms with E-state index in [1.165, 1.54) is 0 Å². The van der Waals surface area contributed by atoms with Crippen molar-refractivity contribution in [1.82, 2.24) is 4.98 Å². The van der Waals surface area contributed by atoms with Gasteiger partial charge in [-0.15, -0.1) is 11.3 Å². The second-order valence-corrected chi connectivity index (χ2v) is 7.58. The summed E-state index contributed by atoms with van der Waals surface area (Å²) in [6.07, 6.45) is 1.91. The molecule has 1 aliphatic carbocycles. The molecule has 0 radical (unpaired) electrons. The van der Waals surface area contributed by atoms with E-state index in [0.717, 1.165) is 28.1 Å². The molecule has 27 heavy (non-hydrogen) atoms. The number of para-hydroxylation sites is 1. The van der Waals surface area contributed by atoms with Gasteiger partial charge in [-0.2, -0.15) is 0 Å². The summed E-state index contributed by atoms with van der Waals surface area (Å²) in [6, 6.07) is 15.0. The molecule has 1 aromatic heterocycles. The van der Waals surface area contributed by atoms with Gasteiger partial charge in [0.25, 0.3) is 0 Å². The number of hydrogen-bond acceptors (Lipinski definition) is 5. The van der Waals surface area contributed by atoms with Crippen LogP contribution < -0.4 is 10.6 Å². The maximum atomic E-state index is 12.1. The van der Waals surface area contributed by atoms with Crippen LogP contribution in [0.3, 0.4) is 0 Å². The fourth-order valence-corrected chi connectivity index (χ4v) is 3.58. The number of carbonyl (C=O) groups excluding carboxylic acids is 2. The summed E-state index contributed by atoms with van der Waals surface area (Å²) in [5, 5.41) is 6.49. The molecular weight excluding hydrogens is 362 g/mol. The minimum absolute atomic E-state index is 0.0395. The van der Waals surface area contributed by atoms with Crippen LogP contribution in [0.2, 0.25) is 0 Å². The van der Waals surface area contributed by atoms with Crippen molar-refractivity contribution in [1.29, 1.82) is 0 Å². The number of rotatable bonds is 7. The highest BCUT2D eigenvalue weighted by Gasteiger charge is 2.29. The Balaban J connectivity index is 1.26. The van der Waals surface area contributed by atoms with Crippen molar-refractivity contribution < 1.29 is 14.3 Å². The smallest absolute Gasteiger partial charge is 0.250 e. The van der Waals surface area contributed by atoms with E-state index < -0.39 is 0 Å². The fraction of sp³-hybridized carbons (Fsp3) is 0.250. The number of anilines is 2. The molecule has 7 heteroatoms. The second kappa shape index (κ2) is 7.85. The molecule has 2 N–H and O–H groups in total. The lowest BCUT2D eigenvalue weighted by Crippen LogP contribution is -2.18. The minimum Gasteiger partial charge on any atom is -0.364 e. The van der Waals surface area contributed by atoms with Gasteiger partial charge in [0.2, 0.25) is 11.8 Å². The molecule has 0 unspecified atom stereocenters. The zero-order chi connectivity index (χ0) is 18.6.